The minimum Gasteiger partial charge on any atom is -0.493 e. The summed E-state index contributed by atoms with van der Waals surface area (Å²) in [6.45, 7) is 2.37. The van der Waals surface area contributed by atoms with Crippen molar-refractivity contribution in [1.29, 1.82) is 0 Å². The summed E-state index contributed by atoms with van der Waals surface area (Å²) in [4.78, 5) is 18.2. The molecule has 0 unspecified atom stereocenters. The Morgan fingerprint density at radius 2 is 2.26 bits per heavy atom. The quantitative estimate of drug-likeness (QED) is 0.883. The first-order chi connectivity index (χ1) is 9.11. The van der Waals surface area contributed by atoms with Gasteiger partial charge in [0.1, 0.15) is 23.8 Å². The second-order valence-corrected chi connectivity index (χ2v) is 3.86. The van der Waals surface area contributed by atoms with Gasteiger partial charge in [-0.2, -0.15) is 4.98 Å². The van der Waals surface area contributed by atoms with Gasteiger partial charge in [0.15, 0.2) is 0 Å². The van der Waals surface area contributed by atoms with Crippen LogP contribution in [0.3, 0.4) is 0 Å². The van der Waals surface area contributed by atoms with Gasteiger partial charge in [0.2, 0.25) is 5.88 Å². The third-order valence-electron chi connectivity index (χ3n) is 2.51. The number of aromatic hydroxyl groups is 1. The first kappa shape index (κ1) is 13.2. The molecule has 1 heterocycles. The van der Waals surface area contributed by atoms with Gasteiger partial charge in [-0.3, -0.25) is 4.79 Å². The molecule has 0 bridgehead atoms. The van der Waals surface area contributed by atoms with Crippen molar-refractivity contribution >= 4 is 0 Å². The van der Waals surface area contributed by atoms with Crippen molar-refractivity contribution in [3.63, 3.8) is 0 Å². The molecule has 0 aliphatic carbocycles. The van der Waals surface area contributed by atoms with E-state index in [0.29, 0.717) is 6.61 Å². The zero-order valence-corrected chi connectivity index (χ0v) is 10.3. The van der Waals surface area contributed by atoms with Gasteiger partial charge in [0.25, 0.3) is 5.56 Å². The van der Waals surface area contributed by atoms with Crippen molar-refractivity contribution in [2.24, 2.45) is 0 Å². The molecule has 0 spiro atoms. The fourth-order valence-electron chi connectivity index (χ4n) is 1.68. The molecule has 0 saturated carbocycles. The van der Waals surface area contributed by atoms with E-state index in [0.717, 1.165) is 6.07 Å². The first-order valence-electron chi connectivity index (χ1n) is 5.77. The number of hydrogen-bond donors (Lipinski definition) is 2. The highest BCUT2D eigenvalue weighted by Crippen LogP contribution is 2.23. The first-order valence-corrected chi connectivity index (χ1v) is 5.77. The van der Waals surface area contributed by atoms with Gasteiger partial charge in [0, 0.05) is 6.61 Å². The number of rotatable bonds is 4. The zero-order chi connectivity index (χ0) is 13.8. The zero-order valence-electron chi connectivity index (χ0n) is 10.3. The molecule has 6 heteroatoms. The Labute approximate surface area is 108 Å². The normalized spacial score (nSPS) is 10.6. The topological polar surface area (TPSA) is 75.2 Å². The molecule has 0 atom stereocenters. The number of halogens is 1. The number of aromatic amines is 1. The second-order valence-electron chi connectivity index (χ2n) is 3.86. The van der Waals surface area contributed by atoms with Crippen molar-refractivity contribution in [2.45, 2.75) is 13.5 Å². The maximum Gasteiger partial charge on any atom is 0.262 e. The van der Waals surface area contributed by atoms with Crippen LogP contribution in [-0.2, 0) is 11.3 Å². The maximum atomic E-state index is 13.1. The molecule has 19 heavy (non-hydrogen) atoms. The Hall–Kier alpha value is -2.21. The predicted molar refractivity (Wildman–Crippen MR) is 67.2 cm³/mol. The van der Waals surface area contributed by atoms with Gasteiger partial charge in [-0.25, -0.2) is 4.39 Å². The van der Waals surface area contributed by atoms with E-state index in [4.69, 9.17) is 4.74 Å². The van der Waals surface area contributed by atoms with E-state index >= 15 is 0 Å². The van der Waals surface area contributed by atoms with Crippen LogP contribution in [0.5, 0.6) is 5.88 Å². The van der Waals surface area contributed by atoms with E-state index in [2.05, 4.69) is 9.97 Å². The molecule has 2 rings (SSSR count). The number of ether oxygens (including phenoxy) is 1. The molecule has 0 radical (unpaired) electrons. The van der Waals surface area contributed by atoms with Crippen LogP contribution in [0.15, 0.2) is 29.1 Å². The van der Waals surface area contributed by atoms with E-state index in [1.165, 1.54) is 18.2 Å². The fraction of sp³-hybridized carbons (Fsp3) is 0.231. The van der Waals surface area contributed by atoms with Crippen LogP contribution in [-0.4, -0.2) is 21.7 Å². The molecule has 0 amide bonds. The molecule has 0 aliphatic rings. The van der Waals surface area contributed by atoms with Gasteiger partial charge >= 0.3 is 0 Å². The lowest BCUT2D eigenvalue weighted by atomic mass is 10.1. The van der Waals surface area contributed by atoms with Crippen molar-refractivity contribution in [1.82, 2.24) is 9.97 Å². The predicted octanol–water partition coefficient (Wildman–Crippen LogP) is 1.82. The van der Waals surface area contributed by atoms with Crippen LogP contribution in [0.1, 0.15) is 12.7 Å². The molecular formula is C13H13FN2O3. The number of aromatic nitrogens is 2. The molecule has 1 aromatic heterocycles. The van der Waals surface area contributed by atoms with Crippen LogP contribution in [0, 0.1) is 5.82 Å². The lowest BCUT2D eigenvalue weighted by Gasteiger charge is -2.06. The molecular weight excluding hydrogens is 251 g/mol. The number of hydrogen-bond acceptors (Lipinski definition) is 4. The number of benzene rings is 1. The minimum atomic E-state index is -0.534. The average molecular weight is 264 g/mol. The number of H-pyrrole nitrogens is 1. The Morgan fingerprint density at radius 3 is 2.89 bits per heavy atom. The highest BCUT2D eigenvalue weighted by molar-refractivity contribution is 5.67. The van der Waals surface area contributed by atoms with E-state index < -0.39 is 17.3 Å². The summed E-state index contributed by atoms with van der Waals surface area (Å²) in [6.07, 6.45) is 0. The third-order valence-corrected chi connectivity index (χ3v) is 2.51. The molecule has 5 nitrogen and oxygen atoms in total. The lowest BCUT2D eigenvalue weighted by molar-refractivity contribution is 0.127. The maximum absolute atomic E-state index is 13.1. The van der Waals surface area contributed by atoms with Crippen molar-refractivity contribution in [2.75, 3.05) is 6.61 Å². The summed E-state index contributed by atoms with van der Waals surface area (Å²) >= 11 is 0. The summed E-state index contributed by atoms with van der Waals surface area (Å²) in [7, 11) is 0. The third kappa shape index (κ3) is 2.97. The van der Waals surface area contributed by atoms with Crippen LogP contribution in [0.4, 0.5) is 4.39 Å². The van der Waals surface area contributed by atoms with Crippen molar-refractivity contribution in [3.05, 3.63) is 46.3 Å². The molecule has 2 N–H and O–H groups in total. The summed E-state index contributed by atoms with van der Waals surface area (Å²) in [5.74, 6) is -0.705. The van der Waals surface area contributed by atoms with Crippen LogP contribution < -0.4 is 5.56 Å². The van der Waals surface area contributed by atoms with Crippen LogP contribution in [0.25, 0.3) is 11.1 Å². The summed E-state index contributed by atoms with van der Waals surface area (Å²) in [6, 6.07) is 5.40. The molecule has 0 aliphatic heterocycles. The van der Waals surface area contributed by atoms with Gasteiger partial charge < -0.3 is 14.8 Å². The van der Waals surface area contributed by atoms with E-state index in [9.17, 15) is 14.3 Å². The molecule has 2 aromatic rings. The second kappa shape index (κ2) is 5.62. The molecule has 0 fully saturated rings. The SMILES string of the molecule is CCOCc1nc(O)c(-c2cccc(F)c2)c(=O)[nH]1. The highest BCUT2D eigenvalue weighted by Gasteiger charge is 2.13. The number of nitrogens with one attached hydrogen (secondary N) is 1. The lowest BCUT2D eigenvalue weighted by Crippen LogP contribution is -2.14. The largest absolute Gasteiger partial charge is 0.493 e. The van der Waals surface area contributed by atoms with Gasteiger partial charge in [-0.05, 0) is 24.6 Å². The standard InChI is InChI=1S/C13H13FN2O3/c1-2-19-7-10-15-12(17)11(13(18)16-10)8-4-3-5-9(14)6-8/h3-6H,2,7H2,1H3,(H2,15,16,17,18). The highest BCUT2D eigenvalue weighted by atomic mass is 19.1. The van der Waals surface area contributed by atoms with Crippen molar-refractivity contribution in [3.8, 4) is 17.0 Å². The summed E-state index contributed by atoms with van der Waals surface area (Å²) < 4.78 is 18.2. The van der Waals surface area contributed by atoms with Crippen LogP contribution >= 0.6 is 0 Å². The Bertz CT molecular complexity index is 640. The number of nitrogens with zero attached hydrogens (tertiary/aromatic N) is 1. The summed E-state index contributed by atoms with van der Waals surface area (Å²) in [5, 5.41) is 9.81. The smallest absolute Gasteiger partial charge is 0.262 e. The summed E-state index contributed by atoms with van der Waals surface area (Å²) in [5.41, 5.74) is -0.318. The Balaban J connectivity index is 2.45. The monoisotopic (exact) mass is 264 g/mol. The van der Waals surface area contributed by atoms with E-state index in [1.807, 2.05) is 0 Å². The minimum absolute atomic E-state index is 0.0558. The van der Waals surface area contributed by atoms with Gasteiger partial charge in [-0.15, -0.1) is 0 Å². The van der Waals surface area contributed by atoms with E-state index in [1.54, 1.807) is 6.92 Å². The van der Waals surface area contributed by atoms with Crippen molar-refractivity contribution < 1.29 is 14.2 Å². The molecule has 1 aromatic carbocycles. The molecule has 100 valence electrons. The Morgan fingerprint density at radius 1 is 1.47 bits per heavy atom. The fourth-order valence-corrected chi connectivity index (χ4v) is 1.68. The average Bonchev–Trinajstić information content (AvgIpc) is 2.35. The Kier molecular flexibility index (Phi) is 3.91. The van der Waals surface area contributed by atoms with Gasteiger partial charge in [-0.1, -0.05) is 12.1 Å². The van der Waals surface area contributed by atoms with Crippen LogP contribution in [0.2, 0.25) is 0 Å². The van der Waals surface area contributed by atoms with E-state index in [-0.39, 0.29) is 23.6 Å². The van der Waals surface area contributed by atoms with Gasteiger partial charge in [0.05, 0.1) is 0 Å². The molecule has 0 saturated heterocycles.